The van der Waals surface area contributed by atoms with Gasteiger partial charge in [-0.05, 0) is 36.4 Å². The molecule has 1 saturated heterocycles. The molecule has 23 heavy (non-hydrogen) atoms. The van der Waals surface area contributed by atoms with Crippen LogP contribution >= 0.6 is 0 Å². The fraction of sp³-hybridized carbons (Fsp3) is 0.278. The van der Waals surface area contributed by atoms with Crippen molar-refractivity contribution < 1.29 is 18.7 Å². The number of carbonyl (C=O) groups excluding carboxylic acids is 1. The molecule has 0 aromatic heterocycles. The van der Waals surface area contributed by atoms with Crippen molar-refractivity contribution in [2.75, 3.05) is 13.1 Å². The van der Waals surface area contributed by atoms with Gasteiger partial charge < -0.3 is 14.4 Å². The molecule has 1 fully saturated rings. The molecule has 2 aromatic carbocycles. The minimum Gasteiger partial charge on any atom is -0.490 e. The second-order valence-corrected chi connectivity index (χ2v) is 5.44. The fourth-order valence-electron chi connectivity index (χ4n) is 2.52. The molecule has 4 nitrogen and oxygen atoms in total. The number of hydrogen-bond donors (Lipinski definition) is 0. The van der Waals surface area contributed by atoms with E-state index in [-0.39, 0.29) is 18.0 Å². The number of benzene rings is 2. The Bertz CT molecular complexity index is 637. The van der Waals surface area contributed by atoms with Crippen LogP contribution in [0.3, 0.4) is 0 Å². The summed E-state index contributed by atoms with van der Waals surface area (Å²) in [7, 11) is 0. The number of amides is 1. The first-order chi connectivity index (χ1) is 11.2. The van der Waals surface area contributed by atoms with Gasteiger partial charge in [0.1, 0.15) is 23.4 Å². The number of likely N-dealkylation sites (tertiary alicyclic amines) is 1. The quantitative estimate of drug-likeness (QED) is 0.863. The number of halogens is 1. The first-order valence-corrected chi connectivity index (χ1v) is 7.65. The van der Waals surface area contributed by atoms with E-state index in [9.17, 15) is 9.18 Å². The fourth-order valence-corrected chi connectivity index (χ4v) is 2.52. The Kier molecular flexibility index (Phi) is 4.76. The number of ether oxygens (including phenoxy) is 2. The van der Waals surface area contributed by atoms with Gasteiger partial charge in [-0.1, -0.05) is 18.2 Å². The summed E-state index contributed by atoms with van der Waals surface area (Å²) in [4.78, 5) is 13.8. The molecule has 1 heterocycles. The van der Waals surface area contributed by atoms with Gasteiger partial charge in [-0.3, -0.25) is 0 Å². The van der Waals surface area contributed by atoms with E-state index in [1.54, 1.807) is 29.2 Å². The van der Waals surface area contributed by atoms with Crippen LogP contribution in [0.2, 0.25) is 0 Å². The Morgan fingerprint density at radius 1 is 0.957 bits per heavy atom. The average molecular weight is 315 g/mol. The summed E-state index contributed by atoms with van der Waals surface area (Å²) < 4.78 is 24.0. The summed E-state index contributed by atoms with van der Waals surface area (Å²) in [5.74, 6) is 0.912. The third-order valence-electron chi connectivity index (χ3n) is 3.76. The van der Waals surface area contributed by atoms with Crippen LogP contribution in [0.4, 0.5) is 9.18 Å². The van der Waals surface area contributed by atoms with Crippen molar-refractivity contribution in [2.24, 2.45) is 0 Å². The van der Waals surface area contributed by atoms with E-state index in [0.29, 0.717) is 24.6 Å². The molecular formula is C18H18FNO3. The first kappa shape index (κ1) is 15.3. The van der Waals surface area contributed by atoms with Crippen molar-refractivity contribution in [2.45, 2.75) is 18.9 Å². The van der Waals surface area contributed by atoms with Crippen molar-refractivity contribution in [3.05, 3.63) is 60.4 Å². The van der Waals surface area contributed by atoms with Gasteiger partial charge in [0.25, 0.3) is 0 Å². The Morgan fingerprint density at radius 3 is 2.26 bits per heavy atom. The van der Waals surface area contributed by atoms with Gasteiger partial charge in [-0.25, -0.2) is 9.18 Å². The summed E-state index contributed by atoms with van der Waals surface area (Å²) >= 11 is 0. The lowest BCUT2D eigenvalue weighted by molar-refractivity contribution is 0.0930. The van der Waals surface area contributed by atoms with Gasteiger partial charge in [0.05, 0.1) is 0 Å². The summed E-state index contributed by atoms with van der Waals surface area (Å²) in [5.41, 5.74) is 0. The van der Waals surface area contributed by atoms with Crippen LogP contribution in [0.5, 0.6) is 11.5 Å². The molecule has 120 valence electrons. The van der Waals surface area contributed by atoms with Crippen molar-refractivity contribution in [3.8, 4) is 11.5 Å². The molecule has 1 amide bonds. The lowest BCUT2D eigenvalue weighted by atomic mass is 10.1. The second kappa shape index (κ2) is 7.13. The molecule has 3 rings (SSSR count). The summed E-state index contributed by atoms with van der Waals surface area (Å²) in [6.45, 7) is 1.16. The zero-order valence-electron chi connectivity index (χ0n) is 12.7. The van der Waals surface area contributed by atoms with Crippen molar-refractivity contribution in [1.29, 1.82) is 0 Å². The van der Waals surface area contributed by atoms with Crippen LogP contribution in [0, 0.1) is 5.82 Å². The molecule has 0 spiro atoms. The number of rotatable bonds is 3. The van der Waals surface area contributed by atoms with E-state index in [2.05, 4.69) is 0 Å². The molecule has 0 atom stereocenters. The third kappa shape index (κ3) is 4.22. The van der Waals surface area contributed by atoms with Crippen LogP contribution in [0.25, 0.3) is 0 Å². The zero-order valence-corrected chi connectivity index (χ0v) is 12.7. The van der Waals surface area contributed by atoms with E-state index in [1.807, 2.05) is 18.2 Å². The Hall–Kier alpha value is -2.56. The van der Waals surface area contributed by atoms with Crippen LogP contribution in [-0.2, 0) is 0 Å². The number of piperidine rings is 1. The van der Waals surface area contributed by atoms with Gasteiger partial charge >= 0.3 is 6.09 Å². The molecule has 0 saturated carbocycles. The molecule has 1 aliphatic heterocycles. The van der Waals surface area contributed by atoms with Crippen molar-refractivity contribution in [3.63, 3.8) is 0 Å². The number of para-hydroxylation sites is 1. The molecule has 0 bridgehead atoms. The molecule has 1 aliphatic rings. The lowest BCUT2D eigenvalue weighted by Gasteiger charge is -2.31. The summed E-state index contributed by atoms with van der Waals surface area (Å²) in [6, 6.07) is 15.0. The average Bonchev–Trinajstić information content (AvgIpc) is 2.58. The molecule has 5 heteroatoms. The standard InChI is InChI=1S/C18H18FNO3/c19-14-6-8-16(9-7-14)22-17-10-12-20(13-11-17)18(21)23-15-4-2-1-3-5-15/h1-9,17H,10-13H2. The number of carbonyl (C=O) groups is 1. The van der Waals surface area contributed by atoms with Crippen LogP contribution in [0.1, 0.15) is 12.8 Å². The van der Waals surface area contributed by atoms with Gasteiger partial charge in [-0.2, -0.15) is 0 Å². The lowest BCUT2D eigenvalue weighted by Crippen LogP contribution is -2.43. The molecular weight excluding hydrogens is 297 g/mol. The summed E-state index contributed by atoms with van der Waals surface area (Å²) in [6.07, 6.45) is 1.14. The maximum absolute atomic E-state index is 12.9. The van der Waals surface area contributed by atoms with Gasteiger partial charge in [0.15, 0.2) is 0 Å². The predicted molar refractivity (Wildman–Crippen MR) is 84.1 cm³/mol. The predicted octanol–water partition coefficient (Wildman–Crippen LogP) is 3.87. The van der Waals surface area contributed by atoms with Gasteiger partial charge in [-0.15, -0.1) is 0 Å². The number of nitrogens with zero attached hydrogens (tertiary/aromatic N) is 1. The molecule has 2 aromatic rings. The third-order valence-corrected chi connectivity index (χ3v) is 3.76. The topological polar surface area (TPSA) is 38.8 Å². The Labute approximate surface area is 134 Å². The SMILES string of the molecule is O=C(Oc1ccccc1)N1CCC(Oc2ccc(F)cc2)CC1. The normalized spacial score (nSPS) is 15.3. The van der Waals surface area contributed by atoms with Gasteiger partial charge in [0.2, 0.25) is 0 Å². The van der Waals surface area contributed by atoms with E-state index >= 15 is 0 Å². The zero-order chi connectivity index (χ0) is 16.1. The smallest absolute Gasteiger partial charge is 0.415 e. The Balaban J connectivity index is 1.48. The van der Waals surface area contributed by atoms with Crippen LogP contribution < -0.4 is 9.47 Å². The van der Waals surface area contributed by atoms with Crippen LogP contribution in [-0.4, -0.2) is 30.2 Å². The monoisotopic (exact) mass is 315 g/mol. The van der Waals surface area contributed by atoms with E-state index in [0.717, 1.165) is 12.8 Å². The van der Waals surface area contributed by atoms with Crippen LogP contribution in [0.15, 0.2) is 54.6 Å². The highest BCUT2D eigenvalue weighted by molar-refractivity contribution is 5.70. The maximum atomic E-state index is 12.9. The van der Waals surface area contributed by atoms with E-state index < -0.39 is 0 Å². The minimum atomic E-state index is -0.337. The van der Waals surface area contributed by atoms with Gasteiger partial charge in [0, 0.05) is 25.9 Å². The second-order valence-electron chi connectivity index (χ2n) is 5.44. The molecule has 0 aliphatic carbocycles. The van der Waals surface area contributed by atoms with Crippen molar-refractivity contribution in [1.82, 2.24) is 4.90 Å². The van der Waals surface area contributed by atoms with Crippen molar-refractivity contribution >= 4 is 6.09 Å². The number of hydrogen-bond acceptors (Lipinski definition) is 3. The molecule has 0 unspecified atom stereocenters. The maximum Gasteiger partial charge on any atom is 0.415 e. The Morgan fingerprint density at radius 2 is 1.61 bits per heavy atom. The van der Waals surface area contributed by atoms with E-state index in [4.69, 9.17) is 9.47 Å². The summed E-state index contributed by atoms with van der Waals surface area (Å²) in [5, 5.41) is 0. The highest BCUT2D eigenvalue weighted by Gasteiger charge is 2.25. The largest absolute Gasteiger partial charge is 0.490 e. The molecule has 0 radical (unpaired) electrons. The minimum absolute atomic E-state index is 0.0289. The first-order valence-electron chi connectivity index (χ1n) is 7.65. The highest BCUT2D eigenvalue weighted by atomic mass is 19.1. The molecule has 0 N–H and O–H groups in total. The highest BCUT2D eigenvalue weighted by Crippen LogP contribution is 2.20. The van der Waals surface area contributed by atoms with E-state index in [1.165, 1.54) is 12.1 Å².